The van der Waals surface area contributed by atoms with Gasteiger partial charge in [0.05, 0.1) is 0 Å². The maximum absolute atomic E-state index is 12.9. The minimum atomic E-state index is -0.809. The fourth-order valence-corrected chi connectivity index (χ4v) is 2.40. The van der Waals surface area contributed by atoms with Crippen molar-refractivity contribution in [3.8, 4) is 0 Å². The monoisotopic (exact) mass is 236 g/mol. The molecule has 0 spiro atoms. The number of benzene rings is 1. The van der Waals surface area contributed by atoms with Gasteiger partial charge in [-0.15, -0.1) is 0 Å². The predicted octanol–water partition coefficient (Wildman–Crippen LogP) is 2.92. The molecule has 1 heterocycles. The van der Waals surface area contributed by atoms with Gasteiger partial charge in [0.25, 0.3) is 0 Å². The summed E-state index contributed by atoms with van der Waals surface area (Å²) < 4.78 is 12.9. The minimum absolute atomic E-state index is 0.391. The van der Waals surface area contributed by atoms with Crippen LogP contribution in [0.15, 0.2) is 24.3 Å². The Morgan fingerprint density at radius 1 is 1.35 bits per heavy atom. The van der Waals surface area contributed by atoms with E-state index in [1.54, 1.807) is 6.92 Å². The summed E-state index contributed by atoms with van der Waals surface area (Å²) in [5.41, 5.74) is 2.44. The molecule has 2 nitrogen and oxygen atoms in total. The second-order valence-corrected chi connectivity index (χ2v) is 4.77. The van der Waals surface area contributed by atoms with Gasteiger partial charge in [-0.2, -0.15) is 0 Å². The number of hydrogen-bond acceptors (Lipinski definition) is 2. The van der Waals surface area contributed by atoms with Crippen molar-refractivity contribution in [1.82, 2.24) is 5.32 Å². The van der Waals surface area contributed by atoms with Gasteiger partial charge in [-0.3, -0.25) is 0 Å². The van der Waals surface area contributed by atoms with Crippen LogP contribution in [0.4, 0.5) is 10.1 Å². The molecule has 1 atom stereocenters. The summed E-state index contributed by atoms with van der Waals surface area (Å²) in [6.45, 7) is 4.14. The average molecular weight is 236 g/mol. The van der Waals surface area contributed by atoms with Crippen molar-refractivity contribution in [3.05, 3.63) is 29.8 Å². The van der Waals surface area contributed by atoms with Crippen LogP contribution in [0.2, 0.25) is 0 Å². The highest BCUT2D eigenvalue weighted by atomic mass is 19.1. The molecule has 0 saturated carbocycles. The predicted molar refractivity (Wildman–Crippen MR) is 70.3 cm³/mol. The first-order valence-electron chi connectivity index (χ1n) is 6.45. The molecule has 2 N–H and O–H groups in total. The highest BCUT2D eigenvalue weighted by molar-refractivity contribution is 5.53. The molecule has 0 aliphatic carbocycles. The van der Waals surface area contributed by atoms with Crippen LogP contribution >= 0.6 is 0 Å². The lowest BCUT2D eigenvalue weighted by molar-refractivity contribution is 0.378. The lowest BCUT2D eigenvalue weighted by Crippen LogP contribution is -2.27. The summed E-state index contributed by atoms with van der Waals surface area (Å²) >= 11 is 0. The van der Waals surface area contributed by atoms with Crippen molar-refractivity contribution >= 4 is 5.69 Å². The van der Waals surface area contributed by atoms with E-state index in [-0.39, 0.29) is 0 Å². The molecule has 1 fully saturated rings. The van der Waals surface area contributed by atoms with E-state index in [0.29, 0.717) is 12.5 Å². The van der Waals surface area contributed by atoms with Crippen LogP contribution in [0, 0.1) is 0 Å². The highest BCUT2D eigenvalue weighted by Crippen LogP contribution is 2.30. The third-order valence-corrected chi connectivity index (χ3v) is 3.31. The summed E-state index contributed by atoms with van der Waals surface area (Å²) in [5, 5.41) is 6.59. The zero-order valence-corrected chi connectivity index (χ0v) is 10.4. The molecule has 1 aromatic rings. The Labute approximate surface area is 103 Å². The van der Waals surface area contributed by atoms with Gasteiger partial charge in [0.1, 0.15) is 6.17 Å². The average Bonchev–Trinajstić information content (AvgIpc) is 2.38. The Morgan fingerprint density at radius 3 is 2.76 bits per heavy atom. The van der Waals surface area contributed by atoms with Gasteiger partial charge in [0.2, 0.25) is 0 Å². The number of alkyl halides is 1. The Balaban J connectivity index is 2.09. The number of halogens is 1. The van der Waals surface area contributed by atoms with Gasteiger partial charge in [-0.25, -0.2) is 4.39 Å². The van der Waals surface area contributed by atoms with Crippen LogP contribution in [0.5, 0.6) is 0 Å². The molecule has 0 amide bonds. The SMILES string of the molecule is CC(F)CNc1ccccc1C1CCNCC1. The Hall–Kier alpha value is -1.09. The maximum atomic E-state index is 12.9. The molecule has 0 radical (unpaired) electrons. The molecule has 1 saturated heterocycles. The van der Waals surface area contributed by atoms with Crippen molar-refractivity contribution in [3.63, 3.8) is 0 Å². The van der Waals surface area contributed by atoms with E-state index < -0.39 is 6.17 Å². The van der Waals surface area contributed by atoms with Crippen molar-refractivity contribution in [2.45, 2.75) is 31.9 Å². The quantitative estimate of drug-likeness (QED) is 0.840. The van der Waals surface area contributed by atoms with Crippen LogP contribution < -0.4 is 10.6 Å². The van der Waals surface area contributed by atoms with Crippen molar-refractivity contribution in [1.29, 1.82) is 0 Å². The summed E-state index contributed by atoms with van der Waals surface area (Å²) in [4.78, 5) is 0. The first kappa shape index (κ1) is 12.4. The normalized spacial score (nSPS) is 18.9. The van der Waals surface area contributed by atoms with E-state index in [2.05, 4.69) is 28.8 Å². The lowest BCUT2D eigenvalue weighted by Gasteiger charge is -2.25. The van der Waals surface area contributed by atoms with Gasteiger partial charge < -0.3 is 10.6 Å². The van der Waals surface area contributed by atoms with Crippen LogP contribution in [0.1, 0.15) is 31.2 Å². The van der Waals surface area contributed by atoms with E-state index in [1.165, 1.54) is 18.4 Å². The van der Waals surface area contributed by atoms with Crippen molar-refractivity contribution in [2.24, 2.45) is 0 Å². The van der Waals surface area contributed by atoms with Gasteiger partial charge in [0, 0.05) is 12.2 Å². The smallest absolute Gasteiger partial charge is 0.114 e. The second-order valence-electron chi connectivity index (χ2n) is 4.77. The van der Waals surface area contributed by atoms with Crippen molar-refractivity contribution in [2.75, 3.05) is 25.0 Å². The molecule has 0 bridgehead atoms. The molecule has 2 rings (SSSR count). The first-order valence-corrected chi connectivity index (χ1v) is 6.45. The van der Waals surface area contributed by atoms with E-state index in [1.807, 2.05) is 6.07 Å². The Bertz CT molecular complexity index is 346. The molecule has 3 heteroatoms. The van der Waals surface area contributed by atoms with E-state index in [9.17, 15) is 4.39 Å². The number of rotatable bonds is 4. The topological polar surface area (TPSA) is 24.1 Å². The van der Waals surface area contributed by atoms with E-state index >= 15 is 0 Å². The van der Waals surface area contributed by atoms with Gasteiger partial charge >= 0.3 is 0 Å². The second kappa shape index (κ2) is 6.01. The molecule has 1 aliphatic heterocycles. The summed E-state index contributed by atoms with van der Waals surface area (Å²) in [5.74, 6) is 0.606. The van der Waals surface area contributed by atoms with Crippen LogP contribution in [0.25, 0.3) is 0 Å². The fourth-order valence-electron chi connectivity index (χ4n) is 2.40. The number of piperidine rings is 1. The number of anilines is 1. The van der Waals surface area contributed by atoms with Crippen molar-refractivity contribution < 1.29 is 4.39 Å². The molecule has 0 aromatic heterocycles. The zero-order chi connectivity index (χ0) is 12.1. The summed E-state index contributed by atoms with van der Waals surface area (Å²) in [6, 6.07) is 8.30. The summed E-state index contributed by atoms with van der Waals surface area (Å²) in [7, 11) is 0. The Morgan fingerprint density at radius 2 is 2.06 bits per heavy atom. The van der Waals surface area contributed by atoms with Crippen LogP contribution in [-0.2, 0) is 0 Å². The molecule has 1 aromatic carbocycles. The lowest BCUT2D eigenvalue weighted by atomic mass is 9.89. The summed E-state index contributed by atoms with van der Waals surface area (Å²) in [6.07, 6.45) is 1.53. The Kier molecular flexibility index (Phi) is 4.37. The fraction of sp³-hybridized carbons (Fsp3) is 0.571. The van der Waals surface area contributed by atoms with E-state index in [0.717, 1.165) is 18.8 Å². The molecule has 1 unspecified atom stereocenters. The molecular formula is C14H21FN2. The molecular weight excluding hydrogens is 215 g/mol. The third kappa shape index (κ3) is 3.43. The third-order valence-electron chi connectivity index (χ3n) is 3.31. The van der Waals surface area contributed by atoms with Gasteiger partial charge in [-0.1, -0.05) is 18.2 Å². The standard InChI is InChI=1S/C14H21FN2/c1-11(15)10-17-14-5-3-2-4-13(14)12-6-8-16-9-7-12/h2-5,11-12,16-17H,6-10H2,1H3. The minimum Gasteiger partial charge on any atom is -0.382 e. The first-order chi connectivity index (χ1) is 8.27. The number of para-hydroxylation sites is 1. The van der Waals surface area contributed by atoms with Gasteiger partial charge in [-0.05, 0) is 50.4 Å². The van der Waals surface area contributed by atoms with Gasteiger partial charge in [0.15, 0.2) is 0 Å². The zero-order valence-electron chi connectivity index (χ0n) is 10.4. The van der Waals surface area contributed by atoms with Crippen LogP contribution in [-0.4, -0.2) is 25.8 Å². The molecule has 1 aliphatic rings. The maximum Gasteiger partial charge on any atom is 0.114 e. The molecule has 94 valence electrons. The molecule has 17 heavy (non-hydrogen) atoms. The van der Waals surface area contributed by atoms with E-state index in [4.69, 9.17) is 0 Å². The highest BCUT2D eigenvalue weighted by Gasteiger charge is 2.17. The number of hydrogen-bond donors (Lipinski definition) is 2. The largest absolute Gasteiger partial charge is 0.382 e. The van der Waals surface area contributed by atoms with Crippen LogP contribution in [0.3, 0.4) is 0 Å². The number of nitrogens with one attached hydrogen (secondary N) is 2.